The molecule has 0 unspecified atom stereocenters. The maximum absolute atomic E-state index is 12.5. The number of nitriles is 1. The highest BCUT2D eigenvalue weighted by molar-refractivity contribution is 6.34. The Hall–Kier alpha value is -4.69. The van der Waals surface area contributed by atoms with Crippen LogP contribution in [0, 0.1) is 31.6 Å². The van der Waals surface area contributed by atoms with Crippen molar-refractivity contribution in [2.45, 2.75) is 0 Å². The van der Waals surface area contributed by atoms with Crippen molar-refractivity contribution in [1.82, 2.24) is 0 Å². The van der Waals surface area contributed by atoms with E-state index < -0.39 is 15.8 Å². The molecule has 1 aromatic heterocycles. The molecular formula is C21H13ClN4O7. The molecule has 3 rings (SSSR count). The van der Waals surface area contributed by atoms with Gasteiger partial charge >= 0.3 is 0 Å². The first-order valence-corrected chi connectivity index (χ1v) is 9.41. The minimum absolute atomic E-state index is 0.0401. The van der Waals surface area contributed by atoms with E-state index in [4.69, 9.17) is 20.8 Å². The van der Waals surface area contributed by atoms with Gasteiger partial charge in [0.2, 0.25) is 0 Å². The lowest BCUT2D eigenvalue weighted by atomic mass is 10.1. The summed E-state index contributed by atoms with van der Waals surface area (Å²) >= 11 is 5.96. The van der Waals surface area contributed by atoms with Gasteiger partial charge in [0, 0.05) is 18.2 Å². The van der Waals surface area contributed by atoms with E-state index in [9.17, 15) is 30.3 Å². The summed E-state index contributed by atoms with van der Waals surface area (Å²) in [5.74, 6) is -0.379. The lowest BCUT2D eigenvalue weighted by Crippen LogP contribution is -2.13. The summed E-state index contributed by atoms with van der Waals surface area (Å²) in [6, 6.07) is 12.3. The Morgan fingerprint density at radius 1 is 1.15 bits per heavy atom. The quantitative estimate of drug-likeness (QED) is 0.220. The smallest absolute Gasteiger partial charge is 0.284 e. The van der Waals surface area contributed by atoms with Crippen molar-refractivity contribution in [2.75, 3.05) is 12.4 Å². The zero-order chi connectivity index (χ0) is 24.1. The highest BCUT2D eigenvalue weighted by atomic mass is 35.5. The Labute approximate surface area is 190 Å². The average molecular weight is 469 g/mol. The number of hydrogen-bond acceptors (Lipinski definition) is 8. The molecule has 0 bridgehead atoms. The Morgan fingerprint density at radius 2 is 1.91 bits per heavy atom. The van der Waals surface area contributed by atoms with E-state index in [0.29, 0.717) is 5.75 Å². The number of anilines is 1. The average Bonchev–Trinajstić information content (AvgIpc) is 3.26. The Bertz CT molecular complexity index is 1340. The maximum Gasteiger partial charge on any atom is 0.284 e. The number of amides is 1. The Kier molecular flexibility index (Phi) is 6.71. The van der Waals surface area contributed by atoms with Gasteiger partial charge in [-0.05, 0) is 30.3 Å². The molecule has 0 aliphatic carbocycles. The number of carbonyl (C=O) groups excluding carboxylic acids is 1. The van der Waals surface area contributed by atoms with Crippen molar-refractivity contribution < 1.29 is 23.8 Å². The molecule has 1 N–H and O–H groups in total. The highest BCUT2D eigenvalue weighted by Gasteiger charge is 2.20. The van der Waals surface area contributed by atoms with Crippen molar-refractivity contribution in [2.24, 2.45) is 0 Å². The monoisotopic (exact) mass is 468 g/mol. The van der Waals surface area contributed by atoms with E-state index in [1.54, 1.807) is 6.07 Å². The maximum atomic E-state index is 12.5. The highest BCUT2D eigenvalue weighted by Crippen LogP contribution is 2.34. The second-order valence-corrected chi connectivity index (χ2v) is 6.79. The van der Waals surface area contributed by atoms with E-state index >= 15 is 0 Å². The molecule has 1 amide bonds. The minimum atomic E-state index is -0.881. The van der Waals surface area contributed by atoms with Crippen LogP contribution in [0.3, 0.4) is 0 Å². The predicted molar refractivity (Wildman–Crippen MR) is 118 cm³/mol. The molecule has 0 spiro atoms. The lowest BCUT2D eigenvalue weighted by Gasteiger charge is -2.06. The number of carbonyl (C=O) groups is 1. The first-order chi connectivity index (χ1) is 15.7. The Balaban J connectivity index is 1.89. The van der Waals surface area contributed by atoms with Crippen molar-refractivity contribution in [3.8, 4) is 23.1 Å². The fourth-order valence-corrected chi connectivity index (χ4v) is 2.94. The number of nitro benzene ring substituents is 2. The van der Waals surface area contributed by atoms with Crippen LogP contribution in [0.2, 0.25) is 5.02 Å². The lowest BCUT2D eigenvalue weighted by molar-refractivity contribution is -0.384. The molecule has 0 radical (unpaired) electrons. The molecule has 0 fully saturated rings. The molecule has 0 saturated carbocycles. The fourth-order valence-electron chi connectivity index (χ4n) is 2.78. The van der Waals surface area contributed by atoms with Crippen LogP contribution in [0.4, 0.5) is 17.1 Å². The minimum Gasteiger partial charge on any atom is -0.497 e. The summed E-state index contributed by atoms with van der Waals surface area (Å²) in [7, 11) is 1.38. The number of furan rings is 1. The van der Waals surface area contributed by atoms with Gasteiger partial charge in [0.25, 0.3) is 17.3 Å². The molecular weight excluding hydrogens is 456 g/mol. The molecule has 0 atom stereocenters. The number of hydrogen-bond donors (Lipinski definition) is 1. The van der Waals surface area contributed by atoms with E-state index in [2.05, 4.69) is 5.32 Å². The van der Waals surface area contributed by atoms with Gasteiger partial charge in [-0.2, -0.15) is 5.26 Å². The topological polar surface area (TPSA) is 162 Å². The van der Waals surface area contributed by atoms with Gasteiger partial charge in [-0.25, -0.2) is 0 Å². The third-order valence-electron chi connectivity index (χ3n) is 4.35. The zero-order valence-corrected chi connectivity index (χ0v) is 17.5. The van der Waals surface area contributed by atoms with E-state index in [1.807, 2.05) is 0 Å². The molecule has 0 aliphatic heterocycles. The van der Waals surface area contributed by atoms with Crippen molar-refractivity contribution in [1.29, 1.82) is 5.26 Å². The number of nitrogens with zero attached hydrogens (tertiary/aromatic N) is 3. The number of halogens is 1. The molecule has 2 aromatic carbocycles. The van der Waals surface area contributed by atoms with Crippen LogP contribution in [0.5, 0.6) is 5.75 Å². The SMILES string of the molecule is COc1ccc(-c2ccc(C=C(C#N)C(=O)Nc3cc([N+](=O)[O-])ccc3Cl)o2)c([N+](=O)[O-])c1. The first kappa shape index (κ1) is 23.0. The molecule has 0 aliphatic rings. The van der Waals surface area contributed by atoms with Crippen LogP contribution in [-0.4, -0.2) is 22.9 Å². The van der Waals surface area contributed by atoms with E-state index in [0.717, 1.165) is 12.1 Å². The van der Waals surface area contributed by atoms with Crippen LogP contribution in [0.1, 0.15) is 5.76 Å². The predicted octanol–water partition coefficient (Wildman–Crippen LogP) is 4.97. The molecule has 166 valence electrons. The second kappa shape index (κ2) is 9.63. The van der Waals surface area contributed by atoms with Crippen LogP contribution >= 0.6 is 11.6 Å². The van der Waals surface area contributed by atoms with E-state index in [-0.39, 0.29) is 44.7 Å². The van der Waals surface area contributed by atoms with Crippen LogP contribution in [0.15, 0.2) is 58.5 Å². The molecule has 11 nitrogen and oxygen atoms in total. The Morgan fingerprint density at radius 3 is 2.55 bits per heavy atom. The number of benzene rings is 2. The molecule has 0 saturated heterocycles. The summed E-state index contributed by atoms with van der Waals surface area (Å²) in [6.45, 7) is 0. The van der Waals surface area contributed by atoms with Gasteiger partial charge in [-0.3, -0.25) is 25.0 Å². The molecule has 3 aromatic rings. The van der Waals surface area contributed by atoms with Crippen molar-refractivity contribution >= 4 is 40.6 Å². The number of ether oxygens (including phenoxy) is 1. The number of non-ortho nitro benzene ring substituents is 1. The van der Waals surface area contributed by atoms with E-state index in [1.165, 1.54) is 49.6 Å². The third kappa shape index (κ3) is 5.15. The summed E-state index contributed by atoms with van der Waals surface area (Å²) in [5, 5.41) is 34.1. The normalized spacial score (nSPS) is 10.9. The summed E-state index contributed by atoms with van der Waals surface area (Å²) in [5.41, 5.74) is -0.813. The number of rotatable bonds is 7. The van der Waals surface area contributed by atoms with Gasteiger partial charge in [-0.15, -0.1) is 0 Å². The molecule has 33 heavy (non-hydrogen) atoms. The zero-order valence-electron chi connectivity index (χ0n) is 16.8. The number of nitro groups is 2. The van der Waals surface area contributed by atoms with Gasteiger partial charge in [0.05, 0.1) is 39.3 Å². The van der Waals surface area contributed by atoms with Crippen LogP contribution in [0.25, 0.3) is 17.4 Å². The summed E-state index contributed by atoms with van der Waals surface area (Å²) in [4.78, 5) is 33.6. The first-order valence-electron chi connectivity index (χ1n) is 9.03. The number of methoxy groups -OCH3 is 1. The van der Waals surface area contributed by atoms with Gasteiger partial charge in [-0.1, -0.05) is 11.6 Å². The van der Waals surface area contributed by atoms with Crippen molar-refractivity contribution in [3.05, 3.63) is 85.1 Å². The number of nitrogens with one attached hydrogen (secondary N) is 1. The van der Waals surface area contributed by atoms with Gasteiger partial charge in [0.1, 0.15) is 28.9 Å². The van der Waals surface area contributed by atoms with Gasteiger partial charge in [0.15, 0.2) is 0 Å². The van der Waals surface area contributed by atoms with Gasteiger partial charge < -0.3 is 14.5 Å². The van der Waals surface area contributed by atoms with Crippen molar-refractivity contribution in [3.63, 3.8) is 0 Å². The largest absolute Gasteiger partial charge is 0.497 e. The second-order valence-electron chi connectivity index (χ2n) is 6.39. The third-order valence-corrected chi connectivity index (χ3v) is 4.68. The van der Waals surface area contributed by atoms with Crippen LogP contribution < -0.4 is 10.1 Å². The van der Waals surface area contributed by atoms with Crippen LogP contribution in [-0.2, 0) is 4.79 Å². The summed E-state index contributed by atoms with van der Waals surface area (Å²) in [6.07, 6.45) is 1.12. The standard InChI is InChI=1S/C21H13ClN4O7/c1-32-14-3-5-16(19(10-14)26(30)31)20-7-4-15(33-20)8-12(11-23)21(27)24-18-9-13(25(28)29)2-6-17(18)22/h2-10H,1H3,(H,24,27). The molecule has 1 heterocycles. The molecule has 12 heteroatoms. The summed E-state index contributed by atoms with van der Waals surface area (Å²) < 4.78 is 10.6. The fraction of sp³-hybridized carbons (Fsp3) is 0.0476.